The molecule has 1 rings (SSSR count). The van der Waals surface area contributed by atoms with Gasteiger partial charge in [-0.15, -0.1) is 0 Å². The Morgan fingerprint density at radius 2 is 1.53 bits per heavy atom. The zero-order valence-electron chi connectivity index (χ0n) is 12.0. The van der Waals surface area contributed by atoms with Gasteiger partial charge in [-0.1, -0.05) is 56.0 Å². The lowest BCUT2D eigenvalue weighted by Crippen LogP contribution is -2.35. The number of rotatable bonds is 6. The fraction of sp³-hybridized carbons (Fsp3) is 0.625. The average Bonchev–Trinajstić information content (AvgIpc) is 2.27. The van der Waals surface area contributed by atoms with Gasteiger partial charge in [0.15, 0.2) is 0 Å². The Bertz CT molecular complexity index is 319. The number of nitrogens with one attached hydrogen (secondary N) is 1. The molecule has 17 heavy (non-hydrogen) atoms. The molecule has 1 aromatic rings. The molecule has 0 amide bonds. The van der Waals surface area contributed by atoms with E-state index >= 15 is 0 Å². The van der Waals surface area contributed by atoms with Crippen LogP contribution in [0.25, 0.3) is 0 Å². The lowest BCUT2D eigenvalue weighted by molar-refractivity contribution is 0.349. The Labute approximate surface area is 107 Å². The number of hydrogen-bond acceptors (Lipinski definition) is 1. The van der Waals surface area contributed by atoms with Crippen LogP contribution < -0.4 is 5.32 Å². The SMILES string of the molecule is CCC(CC)C(Cc1cc(C)cc(C)c1)NC. The maximum atomic E-state index is 3.49. The average molecular weight is 233 g/mol. The third kappa shape index (κ3) is 4.16. The van der Waals surface area contributed by atoms with Crippen LogP contribution in [0, 0.1) is 19.8 Å². The molecule has 1 N–H and O–H groups in total. The van der Waals surface area contributed by atoms with Gasteiger partial charge in [0.1, 0.15) is 0 Å². The van der Waals surface area contributed by atoms with Crippen LogP contribution in [-0.2, 0) is 6.42 Å². The first-order valence-electron chi connectivity index (χ1n) is 6.85. The highest BCUT2D eigenvalue weighted by molar-refractivity contribution is 5.29. The molecule has 1 atom stereocenters. The van der Waals surface area contributed by atoms with E-state index in [4.69, 9.17) is 0 Å². The highest BCUT2D eigenvalue weighted by Gasteiger charge is 2.17. The highest BCUT2D eigenvalue weighted by atomic mass is 14.9. The van der Waals surface area contributed by atoms with Gasteiger partial charge in [0.05, 0.1) is 0 Å². The summed E-state index contributed by atoms with van der Waals surface area (Å²) in [6.07, 6.45) is 3.66. The van der Waals surface area contributed by atoms with Gasteiger partial charge < -0.3 is 5.32 Å². The minimum Gasteiger partial charge on any atom is -0.316 e. The molecule has 0 heterocycles. The number of aryl methyl sites for hydroxylation is 2. The van der Waals surface area contributed by atoms with E-state index in [0.717, 1.165) is 12.3 Å². The van der Waals surface area contributed by atoms with Crippen molar-refractivity contribution in [2.45, 2.75) is 53.0 Å². The second-order valence-corrected chi connectivity index (χ2v) is 5.17. The van der Waals surface area contributed by atoms with Gasteiger partial charge in [-0.2, -0.15) is 0 Å². The van der Waals surface area contributed by atoms with Crippen molar-refractivity contribution in [2.24, 2.45) is 5.92 Å². The highest BCUT2D eigenvalue weighted by Crippen LogP contribution is 2.18. The van der Waals surface area contributed by atoms with E-state index < -0.39 is 0 Å². The van der Waals surface area contributed by atoms with Gasteiger partial charge >= 0.3 is 0 Å². The molecule has 96 valence electrons. The van der Waals surface area contributed by atoms with Crippen LogP contribution in [0.5, 0.6) is 0 Å². The summed E-state index contributed by atoms with van der Waals surface area (Å²) in [6.45, 7) is 8.95. The van der Waals surface area contributed by atoms with E-state index in [1.54, 1.807) is 0 Å². The Morgan fingerprint density at radius 3 is 1.94 bits per heavy atom. The molecule has 0 aliphatic heterocycles. The first-order valence-corrected chi connectivity index (χ1v) is 6.85. The van der Waals surface area contributed by atoms with Crippen molar-refractivity contribution < 1.29 is 0 Å². The largest absolute Gasteiger partial charge is 0.316 e. The molecule has 0 bridgehead atoms. The van der Waals surface area contributed by atoms with E-state index in [9.17, 15) is 0 Å². The summed E-state index contributed by atoms with van der Waals surface area (Å²) >= 11 is 0. The van der Waals surface area contributed by atoms with Crippen LogP contribution in [0.4, 0.5) is 0 Å². The standard InChI is InChI=1S/C16H27N/c1-6-15(7-2)16(17-5)11-14-9-12(3)8-13(4)10-14/h8-10,15-17H,6-7,11H2,1-5H3. The lowest BCUT2D eigenvalue weighted by atomic mass is 9.89. The number of hydrogen-bond donors (Lipinski definition) is 1. The maximum absolute atomic E-state index is 3.49. The summed E-state index contributed by atoms with van der Waals surface area (Å²) in [5.74, 6) is 0.779. The van der Waals surface area contributed by atoms with E-state index in [1.807, 2.05) is 0 Å². The van der Waals surface area contributed by atoms with Crippen molar-refractivity contribution in [3.8, 4) is 0 Å². The van der Waals surface area contributed by atoms with Crippen molar-refractivity contribution in [3.63, 3.8) is 0 Å². The maximum Gasteiger partial charge on any atom is 0.0132 e. The van der Waals surface area contributed by atoms with Crippen LogP contribution in [0.2, 0.25) is 0 Å². The zero-order valence-corrected chi connectivity index (χ0v) is 12.0. The summed E-state index contributed by atoms with van der Waals surface area (Å²) < 4.78 is 0. The van der Waals surface area contributed by atoms with Crippen molar-refractivity contribution in [1.82, 2.24) is 5.32 Å². The monoisotopic (exact) mass is 233 g/mol. The minimum absolute atomic E-state index is 0.603. The third-order valence-corrected chi connectivity index (χ3v) is 3.73. The van der Waals surface area contributed by atoms with E-state index in [-0.39, 0.29) is 0 Å². The van der Waals surface area contributed by atoms with Crippen LogP contribution in [0.3, 0.4) is 0 Å². The van der Waals surface area contributed by atoms with Crippen LogP contribution in [-0.4, -0.2) is 13.1 Å². The summed E-state index contributed by atoms with van der Waals surface area (Å²) in [5.41, 5.74) is 4.22. The first-order chi connectivity index (χ1) is 8.10. The Balaban J connectivity index is 2.79. The van der Waals surface area contributed by atoms with E-state index in [1.165, 1.54) is 29.5 Å². The molecule has 0 spiro atoms. The lowest BCUT2D eigenvalue weighted by Gasteiger charge is -2.25. The van der Waals surface area contributed by atoms with Crippen molar-refractivity contribution in [3.05, 3.63) is 34.9 Å². The predicted molar refractivity (Wildman–Crippen MR) is 76.5 cm³/mol. The molecule has 0 fully saturated rings. The molecule has 1 nitrogen and oxygen atoms in total. The van der Waals surface area contributed by atoms with Gasteiger partial charge in [0, 0.05) is 6.04 Å². The second-order valence-electron chi connectivity index (χ2n) is 5.17. The molecule has 0 saturated carbocycles. The van der Waals surface area contributed by atoms with Gasteiger partial charge in [0.2, 0.25) is 0 Å². The molecule has 0 aliphatic rings. The van der Waals surface area contributed by atoms with Gasteiger partial charge in [-0.25, -0.2) is 0 Å². The van der Waals surface area contributed by atoms with E-state index in [0.29, 0.717) is 6.04 Å². The topological polar surface area (TPSA) is 12.0 Å². The molecule has 0 aromatic heterocycles. The van der Waals surface area contributed by atoms with Crippen LogP contribution in [0.1, 0.15) is 43.4 Å². The van der Waals surface area contributed by atoms with Crippen molar-refractivity contribution in [1.29, 1.82) is 0 Å². The molecule has 0 saturated heterocycles. The fourth-order valence-corrected chi connectivity index (χ4v) is 2.80. The molecule has 1 aromatic carbocycles. The second kappa shape index (κ2) is 6.80. The third-order valence-electron chi connectivity index (χ3n) is 3.73. The molecule has 0 radical (unpaired) electrons. The van der Waals surface area contributed by atoms with Gasteiger partial charge in [-0.05, 0) is 38.8 Å². The summed E-state index contributed by atoms with van der Waals surface area (Å²) in [6, 6.07) is 7.49. The Hall–Kier alpha value is -0.820. The van der Waals surface area contributed by atoms with Crippen LogP contribution >= 0.6 is 0 Å². The van der Waals surface area contributed by atoms with E-state index in [2.05, 4.69) is 58.3 Å². The van der Waals surface area contributed by atoms with Crippen LogP contribution in [0.15, 0.2) is 18.2 Å². The molecular formula is C16H27N. The Kier molecular flexibility index (Phi) is 5.70. The minimum atomic E-state index is 0.603. The normalized spacial score (nSPS) is 13.1. The van der Waals surface area contributed by atoms with Gasteiger partial charge in [0.25, 0.3) is 0 Å². The van der Waals surface area contributed by atoms with Crippen molar-refractivity contribution in [2.75, 3.05) is 7.05 Å². The quantitative estimate of drug-likeness (QED) is 0.786. The smallest absolute Gasteiger partial charge is 0.0132 e. The summed E-state index contributed by atoms with van der Waals surface area (Å²) in [5, 5.41) is 3.49. The zero-order chi connectivity index (χ0) is 12.8. The number of likely N-dealkylation sites (N-methyl/N-ethyl adjacent to an activating group) is 1. The predicted octanol–water partition coefficient (Wildman–Crippen LogP) is 3.87. The number of benzene rings is 1. The molecule has 1 heteroatoms. The molecule has 1 unspecified atom stereocenters. The first kappa shape index (κ1) is 14.2. The molecule has 0 aliphatic carbocycles. The summed E-state index contributed by atoms with van der Waals surface area (Å²) in [4.78, 5) is 0. The summed E-state index contributed by atoms with van der Waals surface area (Å²) in [7, 11) is 2.09. The fourth-order valence-electron chi connectivity index (χ4n) is 2.80. The van der Waals surface area contributed by atoms with Gasteiger partial charge in [-0.3, -0.25) is 0 Å². The van der Waals surface area contributed by atoms with Crippen molar-refractivity contribution >= 4 is 0 Å². The Morgan fingerprint density at radius 1 is 1.00 bits per heavy atom. The molecular weight excluding hydrogens is 206 g/mol.